The first-order valence-electron chi connectivity index (χ1n) is 8.16. The molecule has 0 aliphatic carbocycles. The minimum atomic E-state index is -0.100. The van der Waals surface area contributed by atoms with Gasteiger partial charge in [-0.1, -0.05) is 29.5 Å². The lowest BCUT2D eigenvalue weighted by atomic mass is 10.2. The van der Waals surface area contributed by atoms with E-state index >= 15 is 0 Å². The Bertz CT molecular complexity index is 744. The zero-order valence-electron chi connectivity index (χ0n) is 14.0. The molecule has 25 heavy (non-hydrogen) atoms. The van der Waals surface area contributed by atoms with E-state index in [4.69, 9.17) is 4.74 Å². The number of ether oxygens (including phenoxy) is 1. The first-order valence-corrected chi connectivity index (χ1v) is 9.15. The van der Waals surface area contributed by atoms with Gasteiger partial charge in [0.25, 0.3) is 5.24 Å². The van der Waals surface area contributed by atoms with E-state index in [0.717, 1.165) is 18.0 Å². The van der Waals surface area contributed by atoms with Crippen LogP contribution in [0.4, 0.5) is 10.5 Å². The lowest BCUT2D eigenvalue weighted by Crippen LogP contribution is -2.27. The molecule has 6 heteroatoms. The molecule has 1 fully saturated rings. The first kappa shape index (κ1) is 17.4. The number of hydrogen-bond donors (Lipinski definition) is 1. The molecule has 0 aromatic heterocycles. The van der Waals surface area contributed by atoms with E-state index in [1.54, 1.807) is 17.0 Å². The molecule has 0 bridgehead atoms. The van der Waals surface area contributed by atoms with Gasteiger partial charge in [-0.25, -0.2) is 0 Å². The lowest BCUT2D eigenvalue weighted by molar-refractivity contribution is -0.116. The van der Waals surface area contributed by atoms with E-state index in [2.05, 4.69) is 5.32 Å². The topological polar surface area (TPSA) is 58.6 Å². The maximum absolute atomic E-state index is 12.0. The highest BCUT2D eigenvalue weighted by molar-refractivity contribution is 8.13. The fraction of sp³-hybridized carbons (Fsp3) is 0.263. The molecule has 130 valence electrons. The number of nitrogens with zero attached hydrogens (tertiary/aromatic N) is 1. The summed E-state index contributed by atoms with van der Waals surface area (Å²) in [6, 6.07) is 15.1. The second kappa shape index (κ2) is 8.07. The number of benzene rings is 2. The van der Waals surface area contributed by atoms with Crippen LogP contribution in [-0.4, -0.2) is 34.9 Å². The first-order chi connectivity index (χ1) is 12.1. The molecule has 0 unspecified atom stereocenters. The van der Waals surface area contributed by atoms with Crippen molar-refractivity contribution >= 4 is 28.6 Å². The number of aryl methyl sites for hydroxylation is 1. The zero-order valence-corrected chi connectivity index (χ0v) is 14.8. The van der Waals surface area contributed by atoms with Crippen molar-refractivity contribution < 1.29 is 14.3 Å². The van der Waals surface area contributed by atoms with Crippen molar-refractivity contribution in [3.8, 4) is 11.5 Å². The number of carbonyl (C=O) groups is 2. The summed E-state index contributed by atoms with van der Waals surface area (Å²) in [6.45, 7) is 3.22. The van der Waals surface area contributed by atoms with Gasteiger partial charge in [0.2, 0.25) is 5.91 Å². The van der Waals surface area contributed by atoms with Gasteiger partial charge in [0.05, 0.1) is 0 Å². The molecule has 2 amide bonds. The Labute approximate surface area is 151 Å². The monoisotopic (exact) mass is 356 g/mol. The summed E-state index contributed by atoms with van der Waals surface area (Å²) in [5.74, 6) is 2.19. The normalized spacial score (nSPS) is 13.8. The van der Waals surface area contributed by atoms with Crippen LogP contribution in [0.15, 0.2) is 48.5 Å². The van der Waals surface area contributed by atoms with Crippen LogP contribution in [0.25, 0.3) is 0 Å². The van der Waals surface area contributed by atoms with Gasteiger partial charge in [0, 0.05) is 31.0 Å². The molecule has 1 N–H and O–H groups in total. The maximum atomic E-state index is 12.0. The number of nitrogens with one attached hydrogen (secondary N) is 1. The molecule has 3 rings (SSSR count). The smallest absolute Gasteiger partial charge is 0.281 e. The zero-order chi connectivity index (χ0) is 17.6. The van der Waals surface area contributed by atoms with Crippen molar-refractivity contribution in [3.05, 3.63) is 54.1 Å². The molecular weight excluding hydrogens is 336 g/mol. The van der Waals surface area contributed by atoms with Gasteiger partial charge in [-0.05, 0) is 43.3 Å². The van der Waals surface area contributed by atoms with Crippen molar-refractivity contribution in [3.63, 3.8) is 0 Å². The number of thioether (sulfide) groups is 1. The van der Waals surface area contributed by atoms with E-state index in [1.165, 1.54) is 17.3 Å². The van der Waals surface area contributed by atoms with Crippen molar-refractivity contribution in [2.75, 3.05) is 24.2 Å². The highest BCUT2D eigenvalue weighted by atomic mass is 32.2. The number of rotatable bonds is 6. The standard InChI is InChI=1S/C19H20N2O3S/c1-14-2-6-16(7-3-14)24-17-8-4-15(5-9-17)20-18(22)10-11-21-12-13-25-19(21)23/h2-9H,10-13H2,1H3,(H,20,22). The average Bonchev–Trinajstić information content (AvgIpc) is 3.02. The number of carbonyl (C=O) groups excluding carboxylic acids is 2. The predicted octanol–water partition coefficient (Wildman–Crippen LogP) is 4.28. The van der Waals surface area contributed by atoms with Crippen LogP contribution in [-0.2, 0) is 4.79 Å². The van der Waals surface area contributed by atoms with Gasteiger partial charge in [-0.3, -0.25) is 9.59 Å². The summed E-state index contributed by atoms with van der Waals surface area (Å²) in [7, 11) is 0. The van der Waals surface area contributed by atoms with Crippen molar-refractivity contribution in [2.45, 2.75) is 13.3 Å². The van der Waals surface area contributed by atoms with Crippen molar-refractivity contribution in [1.82, 2.24) is 4.90 Å². The number of anilines is 1. The van der Waals surface area contributed by atoms with E-state index in [9.17, 15) is 9.59 Å². The molecule has 1 aliphatic heterocycles. The van der Waals surface area contributed by atoms with E-state index in [1.807, 2.05) is 43.3 Å². The number of amides is 2. The third kappa shape index (κ3) is 5.00. The Hall–Kier alpha value is -2.47. The summed E-state index contributed by atoms with van der Waals surface area (Å²) >= 11 is 1.31. The van der Waals surface area contributed by atoms with E-state index in [-0.39, 0.29) is 11.1 Å². The van der Waals surface area contributed by atoms with Crippen LogP contribution >= 0.6 is 11.8 Å². The van der Waals surface area contributed by atoms with E-state index in [0.29, 0.717) is 24.4 Å². The summed E-state index contributed by atoms with van der Waals surface area (Å²) in [6.07, 6.45) is 0.300. The highest BCUT2D eigenvalue weighted by Gasteiger charge is 2.21. The van der Waals surface area contributed by atoms with Crippen LogP contribution < -0.4 is 10.1 Å². The third-order valence-electron chi connectivity index (χ3n) is 3.85. The molecular formula is C19H20N2O3S. The maximum Gasteiger partial charge on any atom is 0.281 e. The molecule has 0 radical (unpaired) electrons. The molecule has 2 aromatic rings. The van der Waals surface area contributed by atoms with Gasteiger partial charge in [0.1, 0.15) is 11.5 Å². The largest absolute Gasteiger partial charge is 0.457 e. The predicted molar refractivity (Wildman–Crippen MR) is 100 cm³/mol. The molecule has 5 nitrogen and oxygen atoms in total. The lowest BCUT2D eigenvalue weighted by Gasteiger charge is -2.14. The average molecular weight is 356 g/mol. The Balaban J connectivity index is 1.49. The van der Waals surface area contributed by atoms with Crippen LogP contribution in [0.3, 0.4) is 0 Å². The quantitative estimate of drug-likeness (QED) is 0.839. The molecule has 1 heterocycles. The fourth-order valence-corrected chi connectivity index (χ4v) is 3.29. The minimum absolute atomic E-state index is 0.0606. The second-order valence-electron chi connectivity index (χ2n) is 5.84. The van der Waals surface area contributed by atoms with Crippen LogP contribution in [0.5, 0.6) is 11.5 Å². The molecule has 0 atom stereocenters. The SMILES string of the molecule is Cc1ccc(Oc2ccc(NC(=O)CCN3CCSC3=O)cc2)cc1. The molecule has 2 aromatic carbocycles. The van der Waals surface area contributed by atoms with Crippen molar-refractivity contribution in [1.29, 1.82) is 0 Å². The van der Waals surface area contributed by atoms with Gasteiger partial charge >= 0.3 is 0 Å². The second-order valence-corrected chi connectivity index (χ2v) is 6.89. The summed E-state index contributed by atoms with van der Waals surface area (Å²) in [5, 5.41) is 2.90. The summed E-state index contributed by atoms with van der Waals surface area (Å²) < 4.78 is 5.76. The van der Waals surface area contributed by atoms with Gasteiger partial charge in [-0.2, -0.15) is 0 Å². The fourth-order valence-electron chi connectivity index (χ4n) is 2.44. The van der Waals surface area contributed by atoms with Gasteiger partial charge < -0.3 is 15.0 Å². The molecule has 0 spiro atoms. The molecule has 1 saturated heterocycles. The van der Waals surface area contributed by atoms with Crippen LogP contribution in [0.2, 0.25) is 0 Å². The molecule has 0 saturated carbocycles. The van der Waals surface area contributed by atoms with Crippen LogP contribution in [0, 0.1) is 6.92 Å². The summed E-state index contributed by atoms with van der Waals surface area (Å²) in [4.78, 5) is 25.2. The minimum Gasteiger partial charge on any atom is -0.457 e. The Morgan fingerprint density at radius 3 is 2.36 bits per heavy atom. The highest BCUT2D eigenvalue weighted by Crippen LogP contribution is 2.23. The Kier molecular flexibility index (Phi) is 5.60. The molecule has 1 aliphatic rings. The van der Waals surface area contributed by atoms with E-state index < -0.39 is 0 Å². The van der Waals surface area contributed by atoms with Crippen LogP contribution in [0.1, 0.15) is 12.0 Å². The van der Waals surface area contributed by atoms with Gasteiger partial charge in [0.15, 0.2) is 0 Å². The Morgan fingerprint density at radius 1 is 1.12 bits per heavy atom. The third-order valence-corrected chi connectivity index (χ3v) is 4.74. The Morgan fingerprint density at radius 2 is 1.76 bits per heavy atom. The number of hydrogen-bond acceptors (Lipinski definition) is 4. The summed E-state index contributed by atoms with van der Waals surface area (Å²) in [5.41, 5.74) is 1.89. The van der Waals surface area contributed by atoms with Crippen molar-refractivity contribution in [2.24, 2.45) is 0 Å². The van der Waals surface area contributed by atoms with Gasteiger partial charge in [-0.15, -0.1) is 0 Å².